The van der Waals surface area contributed by atoms with Crippen LogP contribution >= 0.6 is 0 Å². The number of ether oxygens (including phenoxy) is 1. The Bertz CT molecular complexity index is 355. The third-order valence-corrected chi connectivity index (χ3v) is 4.10. The molecular formula is C14H24N2O4. The molecular weight excluding hydrogens is 260 g/mol. The molecule has 6 heteroatoms. The topological polar surface area (TPSA) is 78.9 Å². The molecule has 20 heavy (non-hydrogen) atoms. The highest BCUT2D eigenvalue weighted by atomic mass is 16.5. The third kappa shape index (κ3) is 4.37. The van der Waals surface area contributed by atoms with Gasteiger partial charge in [-0.25, -0.2) is 4.79 Å². The molecule has 2 unspecified atom stereocenters. The monoisotopic (exact) mass is 284 g/mol. The SMILES string of the molecule is COCC1CCCN(C(=O)NC(CC(=O)O)C2CC2)C1. The Morgan fingerprint density at radius 2 is 2.15 bits per heavy atom. The van der Waals surface area contributed by atoms with Gasteiger partial charge in [0.1, 0.15) is 0 Å². The summed E-state index contributed by atoms with van der Waals surface area (Å²) in [5.41, 5.74) is 0. The summed E-state index contributed by atoms with van der Waals surface area (Å²) in [6.07, 6.45) is 4.12. The molecule has 6 nitrogen and oxygen atoms in total. The minimum Gasteiger partial charge on any atom is -0.481 e. The fourth-order valence-corrected chi connectivity index (χ4v) is 2.89. The lowest BCUT2D eigenvalue weighted by Crippen LogP contribution is -2.50. The number of likely N-dealkylation sites (tertiary alicyclic amines) is 1. The van der Waals surface area contributed by atoms with Gasteiger partial charge in [-0.05, 0) is 31.6 Å². The van der Waals surface area contributed by atoms with Gasteiger partial charge in [0.25, 0.3) is 0 Å². The smallest absolute Gasteiger partial charge is 0.317 e. The molecule has 1 heterocycles. The average Bonchev–Trinajstić information content (AvgIpc) is 3.22. The number of rotatable bonds is 6. The van der Waals surface area contributed by atoms with Crippen molar-refractivity contribution < 1.29 is 19.4 Å². The van der Waals surface area contributed by atoms with Crippen LogP contribution in [0.1, 0.15) is 32.1 Å². The maximum absolute atomic E-state index is 12.3. The van der Waals surface area contributed by atoms with Gasteiger partial charge in [-0.15, -0.1) is 0 Å². The summed E-state index contributed by atoms with van der Waals surface area (Å²) in [4.78, 5) is 24.9. The van der Waals surface area contributed by atoms with Gasteiger partial charge in [0.05, 0.1) is 13.0 Å². The number of methoxy groups -OCH3 is 1. The number of urea groups is 1. The van der Waals surface area contributed by atoms with Crippen molar-refractivity contribution in [2.75, 3.05) is 26.8 Å². The van der Waals surface area contributed by atoms with E-state index in [1.807, 2.05) is 0 Å². The van der Waals surface area contributed by atoms with Gasteiger partial charge in [0, 0.05) is 32.2 Å². The first-order valence-electron chi connectivity index (χ1n) is 7.36. The summed E-state index contributed by atoms with van der Waals surface area (Å²) in [7, 11) is 1.68. The summed E-state index contributed by atoms with van der Waals surface area (Å²) in [6, 6.07) is -0.341. The van der Waals surface area contributed by atoms with Crippen molar-refractivity contribution in [1.29, 1.82) is 0 Å². The summed E-state index contributed by atoms with van der Waals surface area (Å²) < 4.78 is 5.16. The highest BCUT2D eigenvalue weighted by molar-refractivity contribution is 5.76. The summed E-state index contributed by atoms with van der Waals surface area (Å²) in [5, 5.41) is 11.8. The van der Waals surface area contributed by atoms with E-state index in [1.165, 1.54) is 0 Å². The number of nitrogens with one attached hydrogen (secondary N) is 1. The quantitative estimate of drug-likeness (QED) is 0.770. The molecule has 0 aromatic carbocycles. The predicted octanol–water partition coefficient (Wildman–Crippen LogP) is 1.31. The molecule has 2 amide bonds. The minimum absolute atomic E-state index is 0.0196. The zero-order chi connectivity index (χ0) is 14.5. The van der Waals surface area contributed by atoms with Gasteiger partial charge in [0.2, 0.25) is 0 Å². The second kappa shape index (κ2) is 6.92. The van der Waals surface area contributed by atoms with Crippen LogP contribution in [0.25, 0.3) is 0 Å². The molecule has 1 aliphatic carbocycles. The van der Waals surface area contributed by atoms with E-state index in [9.17, 15) is 9.59 Å². The van der Waals surface area contributed by atoms with Crippen molar-refractivity contribution in [2.45, 2.75) is 38.1 Å². The van der Waals surface area contributed by atoms with E-state index < -0.39 is 5.97 Å². The van der Waals surface area contributed by atoms with Crippen LogP contribution in [-0.2, 0) is 9.53 Å². The zero-order valence-electron chi connectivity index (χ0n) is 12.0. The number of carbonyl (C=O) groups excluding carboxylic acids is 1. The summed E-state index contributed by atoms with van der Waals surface area (Å²) >= 11 is 0. The molecule has 114 valence electrons. The van der Waals surface area contributed by atoms with Crippen LogP contribution in [0.15, 0.2) is 0 Å². The number of hydrogen-bond acceptors (Lipinski definition) is 3. The first-order valence-corrected chi connectivity index (χ1v) is 7.36. The van der Waals surface area contributed by atoms with E-state index in [0.717, 1.165) is 32.2 Å². The summed E-state index contributed by atoms with van der Waals surface area (Å²) in [6.45, 7) is 2.12. The van der Waals surface area contributed by atoms with Gasteiger partial charge < -0.3 is 20.1 Å². The van der Waals surface area contributed by atoms with Crippen LogP contribution in [0.2, 0.25) is 0 Å². The third-order valence-electron chi connectivity index (χ3n) is 4.10. The Labute approximate surface area is 119 Å². The van der Waals surface area contributed by atoms with Crippen LogP contribution in [0.5, 0.6) is 0 Å². The van der Waals surface area contributed by atoms with E-state index in [1.54, 1.807) is 12.0 Å². The first kappa shape index (κ1) is 15.1. The number of hydrogen-bond donors (Lipinski definition) is 2. The number of carbonyl (C=O) groups is 2. The lowest BCUT2D eigenvalue weighted by Gasteiger charge is -2.33. The number of carboxylic acid groups (broad SMARTS) is 1. The normalized spacial score (nSPS) is 24.2. The molecule has 2 N–H and O–H groups in total. The van der Waals surface area contributed by atoms with Crippen molar-refractivity contribution >= 4 is 12.0 Å². The van der Waals surface area contributed by atoms with Gasteiger partial charge in [0.15, 0.2) is 0 Å². The number of amides is 2. The van der Waals surface area contributed by atoms with E-state index in [0.29, 0.717) is 25.0 Å². The molecule has 2 rings (SSSR count). The van der Waals surface area contributed by atoms with Crippen LogP contribution in [-0.4, -0.2) is 54.9 Å². The van der Waals surface area contributed by atoms with Gasteiger partial charge in [-0.2, -0.15) is 0 Å². The lowest BCUT2D eigenvalue weighted by molar-refractivity contribution is -0.137. The maximum atomic E-state index is 12.3. The standard InChI is InChI=1S/C14H24N2O4/c1-20-9-10-3-2-6-16(8-10)14(19)15-12(7-13(17)18)11-4-5-11/h10-12H,2-9H2,1H3,(H,15,19)(H,17,18). The Morgan fingerprint density at radius 1 is 1.40 bits per heavy atom. The van der Waals surface area contributed by atoms with Crippen molar-refractivity contribution in [3.05, 3.63) is 0 Å². The fraction of sp³-hybridized carbons (Fsp3) is 0.857. The van der Waals surface area contributed by atoms with Gasteiger partial charge >= 0.3 is 12.0 Å². The molecule has 1 aliphatic heterocycles. The largest absolute Gasteiger partial charge is 0.481 e. The number of nitrogens with zero attached hydrogens (tertiary/aromatic N) is 1. The van der Waals surface area contributed by atoms with Gasteiger partial charge in [-0.3, -0.25) is 4.79 Å². The molecule has 0 radical (unpaired) electrons. The maximum Gasteiger partial charge on any atom is 0.317 e. The molecule has 0 bridgehead atoms. The molecule has 2 atom stereocenters. The highest BCUT2D eigenvalue weighted by Gasteiger charge is 2.35. The summed E-state index contributed by atoms with van der Waals surface area (Å²) in [5.74, 6) is -0.119. The Kier molecular flexibility index (Phi) is 5.23. The molecule has 0 aromatic rings. The molecule has 1 saturated heterocycles. The second-order valence-electron chi connectivity index (χ2n) is 5.90. The van der Waals surface area contributed by atoms with E-state index in [4.69, 9.17) is 9.84 Å². The zero-order valence-corrected chi connectivity index (χ0v) is 12.0. The second-order valence-corrected chi connectivity index (χ2v) is 5.90. The Morgan fingerprint density at radius 3 is 2.75 bits per heavy atom. The molecule has 1 saturated carbocycles. The molecule has 2 aliphatic rings. The predicted molar refractivity (Wildman–Crippen MR) is 73.5 cm³/mol. The molecule has 2 fully saturated rings. The first-order chi connectivity index (χ1) is 9.60. The van der Waals surface area contributed by atoms with Crippen molar-refractivity contribution in [1.82, 2.24) is 10.2 Å². The van der Waals surface area contributed by atoms with Crippen molar-refractivity contribution in [3.63, 3.8) is 0 Å². The lowest BCUT2D eigenvalue weighted by atomic mass is 9.99. The van der Waals surface area contributed by atoms with E-state index >= 15 is 0 Å². The average molecular weight is 284 g/mol. The van der Waals surface area contributed by atoms with E-state index in [-0.39, 0.29) is 18.5 Å². The van der Waals surface area contributed by atoms with Gasteiger partial charge in [-0.1, -0.05) is 0 Å². The van der Waals surface area contributed by atoms with Crippen molar-refractivity contribution in [3.8, 4) is 0 Å². The van der Waals surface area contributed by atoms with E-state index in [2.05, 4.69) is 5.32 Å². The molecule has 0 aromatic heterocycles. The van der Waals surface area contributed by atoms with Crippen LogP contribution in [0, 0.1) is 11.8 Å². The minimum atomic E-state index is -0.849. The van der Waals surface area contributed by atoms with Crippen LogP contribution < -0.4 is 5.32 Å². The highest BCUT2D eigenvalue weighted by Crippen LogP contribution is 2.34. The van der Waals surface area contributed by atoms with Crippen molar-refractivity contribution in [2.24, 2.45) is 11.8 Å². The van der Waals surface area contributed by atoms with Crippen LogP contribution in [0.3, 0.4) is 0 Å². The number of piperidine rings is 1. The molecule has 0 spiro atoms. The Balaban J connectivity index is 1.84. The fourth-order valence-electron chi connectivity index (χ4n) is 2.89. The Hall–Kier alpha value is -1.30. The number of aliphatic carboxylic acids is 1. The number of carboxylic acids is 1. The van der Waals surface area contributed by atoms with Crippen LogP contribution in [0.4, 0.5) is 4.79 Å².